The van der Waals surface area contributed by atoms with Crippen molar-refractivity contribution in [2.75, 3.05) is 14.1 Å². The molecule has 1 aromatic carbocycles. The van der Waals surface area contributed by atoms with E-state index >= 15 is 0 Å². The maximum absolute atomic E-state index is 14.1. The highest BCUT2D eigenvalue weighted by molar-refractivity contribution is 7.13. The third-order valence-corrected chi connectivity index (χ3v) is 8.88. The first-order valence-corrected chi connectivity index (χ1v) is 12.2. The summed E-state index contributed by atoms with van der Waals surface area (Å²) in [5.74, 6) is -5.01. The summed E-state index contributed by atoms with van der Waals surface area (Å²) >= 11 is 1.02. The number of hydrogen-bond donors (Lipinski definition) is 1. The van der Waals surface area contributed by atoms with E-state index in [0.717, 1.165) is 23.5 Å². The number of aliphatic carboxylic acids is 1. The fourth-order valence-electron chi connectivity index (χ4n) is 5.87. The van der Waals surface area contributed by atoms with Gasteiger partial charge in [-0.15, -0.1) is 10.2 Å². The number of carboxylic acids is 1. The average molecular weight is 518 g/mol. The van der Waals surface area contributed by atoms with E-state index < -0.39 is 52.7 Å². The zero-order valence-corrected chi connectivity index (χ0v) is 20.3. The molecular formula is C24H23F2N4O5S+. The number of amides is 1. The highest BCUT2D eigenvalue weighted by Gasteiger charge is 2.70. The molecule has 1 saturated carbocycles. The molecule has 2 aromatic rings. The summed E-state index contributed by atoms with van der Waals surface area (Å²) in [6, 6.07) is 1.97. The summed E-state index contributed by atoms with van der Waals surface area (Å²) in [4.78, 5) is 52.6. The van der Waals surface area contributed by atoms with Gasteiger partial charge < -0.3 is 5.11 Å². The van der Waals surface area contributed by atoms with E-state index in [1.54, 1.807) is 20.3 Å². The van der Waals surface area contributed by atoms with Gasteiger partial charge >= 0.3 is 5.97 Å². The maximum atomic E-state index is 14.1. The molecule has 0 radical (unpaired) electrons. The molecule has 0 bridgehead atoms. The number of Topliss-reactive ketones (excluding diaryl/α,β-unsaturated/α-hetero) is 2. The first-order chi connectivity index (χ1) is 17.0. The fraction of sp³-hybridized carbons (Fsp3) is 0.417. The Labute approximate surface area is 208 Å². The fourth-order valence-corrected chi connectivity index (χ4v) is 6.74. The number of carboxylic acid groups (broad SMARTS) is 1. The molecule has 5 rings (SSSR count). The van der Waals surface area contributed by atoms with Crippen LogP contribution in [0.5, 0.6) is 0 Å². The molecular weight excluding hydrogens is 494 g/mol. The van der Waals surface area contributed by atoms with Crippen LogP contribution in [0, 0.1) is 17.6 Å². The van der Waals surface area contributed by atoms with E-state index in [1.165, 1.54) is 11.0 Å². The SMILES string of the molecule is CN1C(=O)C2C(=O)C(=O)C(c3nnc(Cc4ccc(F)cc4F)s3)=C[N+]2(C)C12CCC(C(=O)O)CC2. The number of halogens is 2. The summed E-state index contributed by atoms with van der Waals surface area (Å²) in [6.07, 6.45) is 3.00. The maximum Gasteiger partial charge on any atom is 0.306 e. The molecule has 1 aromatic heterocycles. The van der Waals surface area contributed by atoms with E-state index in [1.807, 2.05) is 0 Å². The second kappa shape index (κ2) is 8.34. The van der Waals surface area contributed by atoms with Gasteiger partial charge in [0.1, 0.15) is 28.4 Å². The Morgan fingerprint density at radius 3 is 2.56 bits per heavy atom. The van der Waals surface area contributed by atoms with Gasteiger partial charge in [-0.05, 0) is 24.5 Å². The number of nitrogens with zero attached hydrogens (tertiary/aromatic N) is 4. The van der Waals surface area contributed by atoms with Crippen molar-refractivity contribution in [2.45, 2.75) is 43.8 Å². The predicted molar refractivity (Wildman–Crippen MR) is 122 cm³/mol. The van der Waals surface area contributed by atoms with Crippen LogP contribution >= 0.6 is 11.3 Å². The summed E-state index contributed by atoms with van der Waals surface area (Å²) in [5, 5.41) is 18.1. The number of carbonyl (C=O) groups excluding carboxylic acids is 3. The van der Waals surface area contributed by atoms with Crippen molar-refractivity contribution >= 4 is 40.4 Å². The van der Waals surface area contributed by atoms with Crippen LogP contribution in [-0.2, 0) is 25.6 Å². The molecule has 2 unspecified atom stereocenters. The molecule has 1 aliphatic carbocycles. The lowest BCUT2D eigenvalue weighted by Gasteiger charge is -2.50. The number of benzene rings is 1. The monoisotopic (exact) mass is 517 g/mol. The van der Waals surface area contributed by atoms with Crippen LogP contribution in [0.15, 0.2) is 24.4 Å². The van der Waals surface area contributed by atoms with Gasteiger partial charge in [-0.3, -0.25) is 28.6 Å². The molecule has 1 spiro atoms. The first kappa shape index (κ1) is 24.3. The van der Waals surface area contributed by atoms with Gasteiger partial charge in [0, 0.05) is 32.4 Å². The smallest absolute Gasteiger partial charge is 0.306 e. The molecule has 3 heterocycles. The normalized spacial score (nSPS) is 30.1. The minimum atomic E-state index is -1.24. The lowest BCUT2D eigenvalue weighted by atomic mass is 9.79. The molecule has 1 saturated heterocycles. The summed E-state index contributed by atoms with van der Waals surface area (Å²) in [5.41, 5.74) is -0.649. The van der Waals surface area contributed by atoms with Crippen molar-refractivity contribution in [3.05, 3.63) is 51.6 Å². The number of allylic oxidation sites excluding steroid dienone is 1. The topological polar surface area (TPSA) is 118 Å². The number of rotatable bonds is 4. The van der Waals surface area contributed by atoms with E-state index in [0.29, 0.717) is 30.7 Å². The van der Waals surface area contributed by atoms with Gasteiger partial charge in [-0.1, -0.05) is 17.4 Å². The summed E-state index contributed by atoms with van der Waals surface area (Å²) < 4.78 is 27.1. The van der Waals surface area contributed by atoms with Gasteiger partial charge in [0.2, 0.25) is 11.8 Å². The third kappa shape index (κ3) is 3.42. The third-order valence-electron chi connectivity index (χ3n) is 7.93. The van der Waals surface area contributed by atoms with Crippen molar-refractivity contribution in [1.82, 2.24) is 15.1 Å². The lowest BCUT2D eigenvalue weighted by Crippen LogP contribution is -2.66. The van der Waals surface area contributed by atoms with Crippen LogP contribution in [-0.4, -0.2) is 73.9 Å². The van der Waals surface area contributed by atoms with Crippen molar-refractivity contribution in [3.63, 3.8) is 0 Å². The van der Waals surface area contributed by atoms with Crippen LogP contribution in [0.1, 0.15) is 41.3 Å². The number of carbonyl (C=O) groups is 4. The standard InChI is InChI=1S/C24H22F2N4O5S/c1-29-22(33)18-20(32)19(31)15(11-30(18,2)24(29)7-5-12(6-8-24)23(34)35)21-28-27-17(36-21)9-13-3-4-14(25)10-16(13)26/h3-4,10-12,18H,5-9H2,1-2H3/p+1. The average Bonchev–Trinajstić information content (AvgIpc) is 3.35. The highest BCUT2D eigenvalue weighted by Crippen LogP contribution is 2.51. The van der Waals surface area contributed by atoms with Crippen LogP contribution in [0.2, 0.25) is 0 Å². The van der Waals surface area contributed by atoms with E-state index in [9.17, 15) is 33.1 Å². The predicted octanol–water partition coefficient (Wildman–Crippen LogP) is 2.16. The molecule has 1 amide bonds. The lowest BCUT2D eigenvalue weighted by molar-refractivity contribution is -0.920. The summed E-state index contributed by atoms with van der Waals surface area (Å²) in [7, 11) is 3.31. The van der Waals surface area contributed by atoms with Crippen molar-refractivity contribution in [1.29, 1.82) is 0 Å². The van der Waals surface area contributed by atoms with Crippen molar-refractivity contribution in [2.24, 2.45) is 5.92 Å². The molecule has 2 aliphatic heterocycles. The van der Waals surface area contributed by atoms with Crippen LogP contribution in [0.3, 0.4) is 0 Å². The Hall–Kier alpha value is -3.38. The first-order valence-electron chi connectivity index (χ1n) is 11.4. The number of aromatic nitrogens is 2. The number of hydrogen-bond acceptors (Lipinski definition) is 7. The van der Waals surface area contributed by atoms with Gasteiger partial charge in [0.05, 0.1) is 13.0 Å². The minimum Gasteiger partial charge on any atom is -0.481 e. The summed E-state index contributed by atoms with van der Waals surface area (Å²) in [6.45, 7) is 0. The Bertz CT molecular complexity index is 1350. The number of likely N-dealkylation sites (N-methyl/N-ethyl adjacent to an activating group) is 2. The number of fused-ring (bicyclic) bond motifs is 2. The molecule has 9 nitrogen and oxygen atoms in total. The van der Waals surface area contributed by atoms with Gasteiger partial charge in [-0.2, -0.15) is 0 Å². The second-order valence-corrected chi connectivity index (χ2v) is 10.8. The van der Waals surface area contributed by atoms with Gasteiger partial charge in [-0.25, -0.2) is 8.78 Å². The molecule has 2 atom stereocenters. The van der Waals surface area contributed by atoms with Crippen LogP contribution < -0.4 is 0 Å². The van der Waals surface area contributed by atoms with E-state index in [4.69, 9.17) is 0 Å². The number of ketones is 2. The molecule has 188 valence electrons. The zero-order valence-electron chi connectivity index (χ0n) is 19.5. The van der Waals surface area contributed by atoms with Gasteiger partial charge in [0.15, 0.2) is 10.7 Å². The Balaban J connectivity index is 1.52. The number of quaternary nitrogens is 1. The van der Waals surface area contributed by atoms with Crippen molar-refractivity contribution < 1.29 is 37.5 Å². The molecule has 1 N–H and O–H groups in total. The van der Waals surface area contributed by atoms with Crippen LogP contribution in [0.4, 0.5) is 8.78 Å². The second-order valence-electron chi connectivity index (χ2n) is 9.69. The van der Waals surface area contributed by atoms with E-state index in [-0.39, 0.29) is 27.0 Å². The Morgan fingerprint density at radius 2 is 1.92 bits per heavy atom. The van der Waals surface area contributed by atoms with Crippen LogP contribution in [0.25, 0.3) is 5.57 Å². The molecule has 12 heteroatoms. The highest BCUT2D eigenvalue weighted by atomic mass is 32.1. The largest absolute Gasteiger partial charge is 0.481 e. The molecule has 36 heavy (non-hydrogen) atoms. The van der Waals surface area contributed by atoms with Gasteiger partial charge in [0.25, 0.3) is 11.7 Å². The van der Waals surface area contributed by atoms with Crippen molar-refractivity contribution in [3.8, 4) is 0 Å². The minimum absolute atomic E-state index is 0.0184. The molecule has 2 fully saturated rings. The van der Waals surface area contributed by atoms with E-state index in [2.05, 4.69) is 10.2 Å². The molecule has 3 aliphatic rings. The Morgan fingerprint density at radius 1 is 1.22 bits per heavy atom. The zero-order chi connectivity index (χ0) is 26.0. The quantitative estimate of drug-likeness (QED) is 0.375. The Kier molecular flexibility index (Phi) is 5.63.